The molecule has 0 aliphatic carbocycles. The average molecular weight is 394 g/mol. The molecule has 0 atom stereocenters. The summed E-state index contributed by atoms with van der Waals surface area (Å²) >= 11 is 11.9. The Morgan fingerprint density at radius 2 is 1.77 bits per heavy atom. The van der Waals surface area contributed by atoms with Crippen LogP contribution in [0.25, 0.3) is 0 Å². The van der Waals surface area contributed by atoms with Gasteiger partial charge in [0.15, 0.2) is 0 Å². The van der Waals surface area contributed by atoms with Crippen molar-refractivity contribution in [2.75, 3.05) is 26.2 Å². The topological polar surface area (TPSA) is 52.7 Å². The lowest BCUT2D eigenvalue weighted by Gasteiger charge is -2.35. The molecule has 7 heteroatoms. The summed E-state index contributed by atoms with van der Waals surface area (Å²) in [5, 5.41) is 3.82. The number of halogens is 2. The first-order valence-electron chi connectivity index (χ1n) is 8.18. The van der Waals surface area contributed by atoms with E-state index in [1.807, 2.05) is 13.8 Å². The summed E-state index contributed by atoms with van der Waals surface area (Å²) in [5.74, 6) is 5.93. The maximum atomic E-state index is 12.5. The minimum absolute atomic E-state index is 0.113. The van der Waals surface area contributed by atoms with E-state index in [-0.39, 0.29) is 11.9 Å². The van der Waals surface area contributed by atoms with Crippen molar-refractivity contribution in [3.63, 3.8) is 0 Å². The summed E-state index contributed by atoms with van der Waals surface area (Å²) in [6.45, 7) is 9.07. The fourth-order valence-corrected chi connectivity index (χ4v) is 2.74. The third-order valence-corrected chi connectivity index (χ3v) is 4.65. The van der Waals surface area contributed by atoms with Gasteiger partial charge in [-0.15, -0.1) is 0 Å². The summed E-state index contributed by atoms with van der Waals surface area (Å²) in [5.41, 5.74) is -0.00431. The Morgan fingerprint density at radius 1 is 1.15 bits per heavy atom. The molecular formula is C19H21Cl2N3O2. The zero-order chi connectivity index (χ0) is 19.3. The number of rotatable bonds is 2. The SMILES string of the molecule is C=CC(=O)N1CCN(C(=O)NC(C)(C)C#Cc2ccc(Cl)c(Cl)c2)CC1. The first kappa shape index (κ1) is 20.2. The van der Waals surface area contributed by atoms with Gasteiger partial charge in [-0.2, -0.15) is 0 Å². The van der Waals surface area contributed by atoms with Gasteiger partial charge in [0.05, 0.1) is 15.6 Å². The highest BCUT2D eigenvalue weighted by atomic mass is 35.5. The highest BCUT2D eigenvalue weighted by Gasteiger charge is 2.26. The van der Waals surface area contributed by atoms with Crippen LogP contribution in [0.2, 0.25) is 10.0 Å². The van der Waals surface area contributed by atoms with Crippen molar-refractivity contribution < 1.29 is 9.59 Å². The smallest absolute Gasteiger partial charge is 0.318 e. The molecule has 0 aromatic heterocycles. The first-order chi connectivity index (χ1) is 12.2. The van der Waals surface area contributed by atoms with E-state index in [0.717, 1.165) is 5.56 Å². The van der Waals surface area contributed by atoms with Gasteiger partial charge in [-0.1, -0.05) is 41.6 Å². The van der Waals surface area contributed by atoms with Crippen LogP contribution in [0.15, 0.2) is 30.9 Å². The van der Waals surface area contributed by atoms with E-state index in [4.69, 9.17) is 23.2 Å². The van der Waals surface area contributed by atoms with Crippen LogP contribution in [-0.4, -0.2) is 53.5 Å². The lowest BCUT2D eigenvalue weighted by molar-refractivity contribution is -0.127. The molecule has 1 fully saturated rings. The third kappa shape index (κ3) is 5.42. The Morgan fingerprint density at radius 3 is 2.35 bits per heavy atom. The molecule has 1 saturated heterocycles. The van der Waals surface area contributed by atoms with Crippen molar-refractivity contribution in [1.82, 2.24) is 15.1 Å². The standard InChI is InChI=1S/C19H21Cl2N3O2/c1-4-17(25)23-9-11-24(12-10-23)18(26)22-19(2,3)8-7-14-5-6-15(20)16(21)13-14/h4-6,13H,1,9-12H2,2-3H3,(H,22,26). The zero-order valence-corrected chi connectivity index (χ0v) is 16.3. The zero-order valence-electron chi connectivity index (χ0n) is 14.8. The Balaban J connectivity index is 1.95. The Bertz CT molecular complexity index is 773. The molecule has 138 valence electrons. The van der Waals surface area contributed by atoms with Gasteiger partial charge in [0.1, 0.15) is 0 Å². The molecule has 0 unspecified atom stereocenters. The average Bonchev–Trinajstić information content (AvgIpc) is 2.62. The molecule has 26 heavy (non-hydrogen) atoms. The minimum atomic E-state index is -0.725. The molecule has 1 aromatic rings. The Hall–Kier alpha value is -2.16. The largest absolute Gasteiger partial charge is 0.336 e. The number of nitrogens with zero attached hydrogens (tertiary/aromatic N) is 2. The monoisotopic (exact) mass is 393 g/mol. The van der Waals surface area contributed by atoms with Crippen LogP contribution in [0, 0.1) is 11.8 Å². The van der Waals surface area contributed by atoms with E-state index in [1.165, 1.54) is 6.08 Å². The second-order valence-electron chi connectivity index (χ2n) is 6.45. The highest BCUT2D eigenvalue weighted by Crippen LogP contribution is 2.22. The van der Waals surface area contributed by atoms with Crippen molar-refractivity contribution in [2.24, 2.45) is 0 Å². The van der Waals surface area contributed by atoms with Crippen LogP contribution in [-0.2, 0) is 4.79 Å². The van der Waals surface area contributed by atoms with Gasteiger partial charge < -0.3 is 15.1 Å². The molecule has 3 amide bonds. The van der Waals surface area contributed by atoms with Gasteiger partial charge in [0.25, 0.3) is 0 Å². The van der Waals surface area contributed by atoms with E-state index in [1.54, 1.807) is 28.0 Å². The fraction of sp³-hybridized carbons (Fsp3) is 0.368. The highest BCUT2D eigenvalue weighted by molar-refractivity contribution is 6.42. The van der Waals surface area contributed by atoms with Gasteiger partial charge in [-0.25, -0.2) is 4.79 Å². The number of nitrogens with one attached hydrogen (secondary N) is 1. The third-order valence-electron chi connectivity index (χ3n) is 3.91. The molecule has 0 radical (unpaired) electrons. The molecule has 0 bridgehead atoms. The minimum Gasteiger partial charge on any atom is -0.336 e. The van der Waals surface area contributed by atoms with E-state index < -0.39 is 5.54 Å². The van der Waals surface area contributed by atoms with Crippen LogP contribution < -0.4 is 5.32 Å². The van der Waals surface area contributed by atoms with Crippen LogP contribution >= 0.6 is 23.2 Å². The van der Waals surface area contributed by atoms with Crippen molar-refractivity contribution in [3.8, 4) is 11.8 Å². The molecule has 5 nitrogen and oxygen atoms in total. The lowest BCUT2D eigenvalue weighted by Crippen LogP contribution is -2.56. The maximum Gasteiger partial charge on any atom is 0.318 e. The maximum absolute atomic E-state index is 12.5. The number of amides is 3. The number of piperazine rings is 1. The number of carbonyl (C=O) groups is 2. The first-order valence-corrected chi connectivity index (χ1v) is 8.94. The van der Waals surface area contributed by atoms with E-state index in [9.17, 15) is 9.59 Å². The van der Waals surface area contributed by atoms with Gasteiger partial charge in [-0.3, -0.25) is 4.79 Å². The van der Waals surface area contributed by atoms with Crippen LogP contribution in [0.3, 0.4) is 0 Å². The van der Waals surface area contributed by atoms with Gasteiger partial charge >= 0.3 is 6.03 Å². The molecule has 1 heterocycles. The molecule has 0 saturated carbocycles. The summed E-state index contributed by atoms with van der Waals surface area (Å²) in [6.07, 6.45) is 1.29. The quantitative estimate of drug-likeness (QED) is 0.619. The van der Waals surface area contributed by atoms with Crippen LogP contribution in [0.5, 0.6) is 0 Å². The summed E-state index contributed by atoms with van der Waals surface area (Å²) in [6, 6.07) is 4.94. The van der Waals surface area contributed by atoms with Crippen molar-refractivity contribution in [2.45, 2.75) is 19.4 Å². The number of urea groups is 1. The molecule has 0 spiro atoms. The van der Waals surface area contributed by atoms with Crippen LogP contribution in [0.4, 0.5) is 4.79 Å². The van der Waals surface area contributed by atoms with Gasteiger partial charge in [-0.05, 0) is 38.1 Å². The molecule has 1 aromatic carbocycles. The lowest BCUT2D eigenvalue weighted by atomic mass is 10.1. The predicted octanol–water partition coefficient (Wildman–Crippen LogP) is 3.16. The Labute approximate surface area is 163 Å². The molecule has 1 aliphatic rings. The van der Waals surface area contributed by atoms with Crippen LogP contribution in [0.1, 0.15) is 19.4 Å². The van der Waals surface area contributed by atoms with Gasteiger partial charge in [0, 0.05) is 31.7 Å². The number of hydrogen-bond acceptors (Lipinski definition) is 2. The fourth-order valence-electron chi connectivity index (χ4n) is 2.44. The van der Waals surface area contributed by atoms with E-state index >= 15 is 0 Å². The summed E-state index contributed by atoms with van der Waals surface area (Å²) in [4.78, 5) is 27.4. The van der Waals surface area contributed by atoms with E-state index in [0.29, 0.717) is 36.2 Å². The number of hydrogen-bond donors (Lipinski definition) is 1. The molecule has 1 aliphatic heterocycles. The number of benzene rings is 1. The summed E-state index contributed by atoms with van der Waals surface area (Å²) in [7, 11) is 0. The molecule has 1 N–H and O–H groups in total. The van der Waals surface area contributed by atoms with Crippen molar-refractivity contribution >= 4 is 35.1 Å². The number of carbonyl (C=O) groups excluding carboxylic acids is 2. The normalized spacial score (nSPS) is 14.3. The Kier molecular flexibility index (Phi) is 6.57. The van der Waals surface area contributed by atoms with Crippen molar-refractivity contribution in [1.29, 1.82) is 0 Å². The predicted molar refractivity (Wildman–Crippen MR) is 104 cm³/mol. The van der Waals surface area contributed by atoms with Crippen molar-refractivity contribution in [3.05, 3.63) is 46.5 Å². The summed E-state index contributed by atoms with van der Waals surface area (Å²) < 4.78 is 0. The molecular weight excluding hydrogens is 373 g/mol. The second-order valence-corrected chi connectivity index (χ2v) is 7.26. The molecule has 2 rings (SSSR count). The van der Waals surface area contributed by atoms with E-state index in [2.05, 4.69) is 23.7 Å². The second kappa shape index (κ2) is 8.48. The van der Waals surface area contributed by atoms with Gasteiger partial charge in [0.2, 0.25) is 5.91 Å².